The SMILES string of the molecule is CCNCC(C)(O)Cc1cccc(Cl)c1F. The third kappa shape index (κ3) is 3.74. The molecule has 16 heavy (non-hydrogen) atoms. The summed E-state index contributed by atoms with van der Waals surface area (Å²) in [7, 11) is 0. The summed E-state index contributed by atoms with van der Waals surface area (Å²) in [5, 5.41) is 13.2. The molecular formula is C12H17ClFNO. The van der Waals surface area contributed by atoms with Crippen LogP contribution < -0.4 is 5.32 Å². The lowest BCUT2D eigenvalue weighted by molar-refractivity contribution is 0.0599. The molecule has 90 valence electrons. The summed E-state index contributed by atoms with van der Waals surface area (Å²) in [6.07, 6.45) is 0.242. The fourth-order valence-electron chi connectivity index (χ4n) is 1.55. The molecule has 1 unspecified atom stereocenters. The quantitative estimate of drug-likeness (QED) is 0.835. The first-order valence-electron chi connectivity index (χ1n) is 5.32. The predicted octanol–water partition coefficient (Wildman–Crippen LogP) is 2.38. The van der Waals surface area contributed by atoms with Crippen molar-refractivity contribution in [3.63, 3.8) is 0 Å². The molecule has 0 aliphatic carbocycles. The van der Waals surface area contributed by atoms with Crippen LogP contribution in [0.15, 0.2) is 18.2 Å². The summed E-state index contributed by atoms with van der Waals surface area (Å²) in [5.74, 6) is -0.444. The van der Waals surface area contributed by atoms with Gasteiger partial charge in [0.05, 0.1) is 10.6 Å². The van der Waals surface area contributed by atoms with E-state index in [-0.39, 0.29) is 11.4 Å². The molecule has 4 heteroatoms. The third-order valence-corrected chi connectivity index (χ3v) is 2.65. The van der Waals surface area contributed by atoms with Crippen LogP contribution >= 0.6 is 11.6 Å². The Bertz CT molecular complexity index is 355. The Morgan fingerprint density at radius 3 is 2.81 bits per heavy atom. The Balaban J connectivity index is 2.75. The number of halogens is 2. The Labute approximate surface area is 100 Å². The topological polar surface area (TPSA) is 32.3 Å². The fourth-order valence-corrected chi connectivity index (χ4v) is 1.75. The zero-order valence-corrected chi connectivity index (χ0v) is 10.3. The van der Waals surface area contributed by atoms with Crippen LogP contribution in [0.2, 0.25) is 5.02 Å². The molecular weight excluding hydrogens is 229 g/mol. The van der Waals surface area contributed by atoms with E-state index in [1.54, 1.807) is 19.1 Å². The monoisotopic (exact) mass is 245 g/mol. The number of aliphatic hydroxyl groups is 1. The molecule has 0 spiro atoms. The van der Waals surface area contributed by atoms with Crippen LogP contribution in [0.25, 0.3) is 0 Å². The van der Waals surface area contributed by atoms with E-state index < -0.39 is 11.4 Å². The Hall–Kier alpha value is -0.640. The average molecular weight is 246 g/mol. The van der Waals surface area contributed by atoms with E-state index in [1.807, 2.05) is 6.92 Å². The molecule has 1 aromatic carbocycles. The van der Waals surface area contributed by atoms with E-state index >= 15 is 0 Å². The zero-order valence-electron chi connectivity index (χ0n) is 9.56. The summed E-state index contributed by atoms with van der Waals surface area (Å²) in [6, 6.07) is 4.82. The molecule has 0 aliphatic rings. The molecule has 0 fully saturated rings. The second-order valence-corrected chi connectivity index (χ2v) is 4.57. The number of likely N-dealkylation sites (N-methyl/N-ethyl adjacent to an activating group) is 1. The molecule has 0 bridgehead atoms. The molecule has 2 N–H and O–H groups in total. The molecule has 1 atom stereocenters. The van der Waals surface area contributed by atoms with Gasteiger partial charge in [0.2, 0.25) is 0 Å². The molecule has 1 aromatic rings. The summed E-state index contributed by atoms with van der Waals surface area (Å²) in [6.45, 7) is 4.83. The van der Waals surface area contributed by atoms with Crippen molar-refractivity contribution in [2.75, 3.05) is 13.1 Å². The smallest absolute Gasteiger partial charge is 0.145 e. The Morgan fingerprint density at radius 1 is 1.50 bits per heavy atom. The minimum absolute atomic E-state index is 0.0942. The molecule has 0 heterocycles. The van der Waals surface area contributed by atoms with E-state index in [0.717, 1.165) is 6.54 Å². The highest BCUT2D eigenvalue weighted by Crippen LogP contribution is 2.21. The first-order valence-corrected chi connectivity index (χ1v) is 5.70. The van der Waals surface area contributed by atoms with Crippen LogP contribution in [0.1, 0.15) is 19.4 Å². The number of rotatable bonds is 5. The normalized spacial score (nSPS) is 14.8. The predicted molar refractivity (Wildman–Crippen MR) is 64.3 cm³/mol. The first kappa shape index (κ1) is 13.4. The number of hydrogen-bond acceptors (Lipinski definition) is 2. The van der Waals surface area contributed by atoms with Crippen LogP contribution in [0.5, 0.6) is 0 Å². The number of hydrogen-bond donors (Lipinski definition) is 2. The highest BCUT2D eigenvalue weighted by atomic mass is 35.5. The van der Waals surface area contributed by atoms with Crippen LogP contribution in [0, 0.1) is 5.82 Å². The van der Waals surface area contributed by atoms with Crippen molar-refractivity contribution in [3.05, 3.63) is 34.6 Å². The van der Waals surface area contributed by atoms with Gasteiger partial charge in [0.25, 0.3) is 0 Å². The van der Waals surface area contributed by atoms with Gasteiger partial charge < -0.3 is 10.4 Å². The van der Waals surface area contributed by atoms with Crippen LogP contribution in [0.3, 0.4) is 0 Å². The minimum atomic E-state index is -0.971. The maximum absolute atomic E-state index is 13.6. The maximum Gasteiger partial charge on any atom is 0.145 e. The molecule has 0 radical (unpaired) electrons. The van der Waals surface area contributed by atoms with Crippen LogP contribution in [-0.4, -0.2) is 23.8 Å². The van der Waals surface area contributed by atoms with Crippen molar-refractivity contribution in [1.82, 2.24) is 5.32 Å². The van der Waals surface area contributed by atoms with Crippen LogP contribution in [0.4, 0.5) is 4.39 Å². The summed E-state index contributed by atoms with van der Waals surface area (Å²) in [5.41, 5.74) is -0.531. The van der Waals surface area contributed by atoms with Crippen molar-refractivity contribution >= 4 is 11.6 Å². The zero-order chi connectivity index (χ0) is 12.2. The van der Waals surface area contributed by atoms with Gasteiger partial charge in [-0.3, -0.25) is 0 Å². The van der Waals surface area contributed by atoms with Crippen molar-refractivity contribution in [3.8, 4) is 0 Å². The van der Waals surface area contributed by atoms with Gasteiger partial charge in [-0.05, 0) is 25.1 Å². The van der Waals surface area contributed by atoms with E-state index in [1.165, 1.54) is 6.07 Å². The van der Waals surface area contributed by atoms with Gasteiger partial charge in [-0.1, -0.05) is 30.7 Å². The van der Waals surface area contributed by atoms with Gasteiger partial charge >= 0.3 is 0 Å². The van der Waals surface area contributed by atoms with Gasteiger partial charge in [-0.15, -0.1) is 0 Å². The van der Waals surface area contributed by atoms with Gasteiger partial charge in [0, 0.05) is 13.0 Å². The maximum atomic E-state index is 13.6. The van der Waals surface area contributed by atoms with Crippen molar-refractivity contribution in [1.29, 1.82) is 0 Å². The third-order valence-electron chi connectivity index (χ3n) is 2.36. The second kappa shape index (κ2) is 5.62. The summed E-state index contributed by atoms with van der Waals surface area (Å²) >= 11 is 5.67. The summed E-state index contributed by atoms with van der Waals surface area (Å²) < 4.78 is 13.6. The molecule has 0 saturated carbocycles. The Kier molecular flexibility index (Phi) is 4.71. The second-order valence-electron chi connectivity index (χ2n) is 4.17. The summed E-state index contributed by atoms with van der Waals surface area (Å²) in [4.78, 5) is 0. The standard InChI is InChI=1S/C12H17ClFNO/c1-3-15-8-12(2,16)7-9-5-4-6-10(13)11(9)14/h4-6,15-16H,3,7-8H2,1-2H3. The molecule has 0 amide bonds. The fraction of sp³-hybridized carbons (Fsp3) is 0.500. The van der Waals surface area contributed by atoms with E-state index in [0.29, 0.717) is 12.1 Å². The van der Waals surface area contributed by atoms with E-state index in [9.17, 15) is 9.50 Å². The molecule has 0 aromatic heterocycles. The lowest BCUT2D eigenvalue weighted by atomic mass is 9.96. The first-order chi connectivity index (χ1) is 7.46. The van der Waals surface area contributed by atoms with Crippen LogP contribution in [-0.2, 0) is 6.42 Å². The lowest BCUT2D eigenvalue weighted by Gasteiger charge is -2.24. The minimum Gasteiger partial charge on any atom is -0.389 e. The molecule has 2 nitrogen and oxygen atoms in total. The van der Waals surface area contributed by atoms with Crippen molar-refractivity contribution in [2.24, 2.45) is 0 Å². The van der Waals surface area contributed by atoms with Gasteiger partial charge in [0.15, 0.2) is 0 Å². The Morgan fingerprint density at radius 2 is 2.19 bits per heavy atom. The highest BCUT2D eigenvalue weighted by molar-refractivity contribution is 6.30. The number of nitrogens with one attached hydrogen (secondary N) is 1. The van der Waals surface area contributed by atoms with Gasteiger partial charge in [-0.25, -0.2) is 4.39 Å². The van der Waals surface area contributed by atoms with Crippen molar-refractivity contribution < 1.29 is 9.50 Å². The van der Waals surface area contributed by atoms with E-state index in [4.69, 9.17) is 11.6 Å². The lowest BCUT2D eigenvalue weighted by Crippen LogP contribution is -2.39. The van der Waals surface area contributed by atoms with Gasteiger partial charge in [0.1, 0.15) is 5.82 Å². The molecule has 0 aliphatic heterocycles. The van der Waals surface area contributed by atoms with E-state index in [2.05, 4.69) is 5.32 Å². The van der Waals surface area contributed by atoms with Gasteiger partial charge in [-0.2, -0.15) is 0 Å². The van der Waals surface area contributed by atoms with Crippen molar-refractivity contribution in [2.45, 2.75) is 25.9 Å². The number of benzene rings is 1. The molecule has 1 rings (SSSR count). The highest BCUT2D eigenvalue weighted by Gasteiger charge is 2.22. The molecule has 0 saturated heterocycles. The largest absolute Gasteiger partial charge is 0.389 e. The average Bonchev–Trinajstić information content (AvgIpc) is 2.22.